The van der Waals surface area contributed by atoms with E-state index in [2.05, 4.69) is 13.8 Å². The highest BCUT2D eigenvalue weighted by molar-refractivity contribution is 8.76. The maximum absolute atomic E-state index is 12.0. The zero-order chi connectivity index (χ0) is 23.1. The van der Waals surface area contributed by atoms with Crippen molar-refractivity contribution in [1.82, 2.24) is 0 Å². The van der Waals surface area contributed by atoms with Crippen molar-refractivity contribution in [2.45, 2.75) is 51.6 Å². The summed E-state index contributed by atoms with van der Waals surface area (Å²) in [6.45, 7) is 7.80. The van der Waals surface area contributed by atoms with Crippen LogP contribution in [-0.2, 0) is 20.6 Å². The quantitative estimate of drug-likeness (QED) is 0.200. The number of aliphatic hydroxyl groups is 1. The summed E-state index contributed by atoms with van der Waals surface area (Å²) in [7, 11) is 2.93. The smallest absolute Gasteiger partial charge is 0.312 e. The molecule has 0 saturated carbocycles. The number of benzene rings is 2. The van der Waals surface area contributed by atoms with Crippen molar-refractivity contribution in [2.75, 3.05) is 11.5 Å². The van der Waals surface area contributed by atoms with Gasteiger partial charge in [-0.05, 0) is 42.7 Å². The van der Waals surface area contributed by atoms with Gasteiger partial charge in [-0.15, -0.1) is 0 Å². The number of hydrogen-bond donors (Lipinski definition) is 2. The van der Waals surface area contributed by atoms with Gasteiger partial charge in [0.2, 0.25) is 0 Å². The van der Waals surface area contributed by atoms with Gasteiger partial charge in [0.05, 0.1) is 18.4 Å². The predicted octanol–water partition coefficient (Wildman–Crippen LogP) is 5.39. The zero-order valence-electron chi connectivity index (χ0n) is 18.4. The standard InChI is InChI=1S/C24H30O5S2/c1-23(2,17-5-7-19(8-6-17)24(3,4)28)18-9-11-20(12-10-18)29-22(27)14-16-31-30-15-13-21(25)26/h5-12,28H,13-16H2,1-4H3,(H,25,26). The third-order valence-electron chi connectivity index (χ3n) is 4.99. The molecule has 0 fully saturated rings. The van der Waals surface area contributed by atoms with Gasteiger partial charge in [0, 0.05) is 16.9 Å². The average Bonchev–Trinajstić information content (AvgIpc) is 2.70. The van der Waals surface area contributed by atoms with E-state index in [-0.39, 0.29) is 24.2 Å². The number of esters is 1. The second-order valence-corrected chi connectivity index (χ2v) is 11.0. The van der Waals surface area contributed by atoms with Gasteiger partial charge >= 0.3 is 11.9 Å². The highest BCUT2D eigenvalue weighted by atomic mass is 33.1. The third kappa shape index (κ3) is 7.91. The molecule has 31 heavy (non-hydrogen) atoms. The third-order valence-corrected chi connectivity index (χ3v) is 7.40. The fourth-order valence-corrected chi connectivity index (χ4v) is 4.91. The molecule has 0 atom stereocenters. The van der Waals surface area contributed by atoms with Crippen molar-refractivity contribution >= 4 is 33.5 Å². The lowest BCUT2D eigenvalue weighted by Gasteiger charge is -2.27. The Hall–Kier alpha value is -1.96. The molecule has 2 N–H and O–H groups in total. The fourth-order valence-electron chi connectivity index (χ4n) is 2.96. The minimum atomic E-state index is -0.871. The summed E-state index contributed by atoms with van der Waals surface area (Å²) in [5.74, 6) is 0.484. The van der Waals surface area contributed by atoms with Gasteiger partial charge in [-0.25, -0.2) is 0 Å². The molecule has 0 radical (unpaired) electrons. The van der Waals surface area contributed by atoms with Crippen LogP contribution < -0.4 is 4.74 Å². The van der Waals surface area contributed by atoms with Crippen molar-refractivity contribution in [3.63, 3.8) is 0 Å². The maximum atomic E-state index is 12.0. The van der Waals surface area contributed by atoms with E-state index in [9.17, 15) is 14.7 Å². The van der Waals surface area contributed by atoms with Gasteiger partial charge in [0.1, 0.15) is 5.75 Å². The SMILES string of the molecule is CC(C)(O)c1ccc(C(C)(C)c2ccc(OC(=O)CCSSCCC(=O)O)cc2)cc1. The Bertz CT molecular complexity index is 868. The first-order valence-corrected chi connectivity index (χ1v) is 12.6. The molecule has 0 bridgehead atoms. The number of carboxylic acids is 1. The first kappa shape index (κ1) is 25.3. The maximum Gasteiger partial charge on any atom is 0.312 e. The number of carbonyl (C=O) groups excluding carboxylic acids is 1. The van der Waals surface area contributed by atoms with Crippen LogP contribution in [0.1, 0.15) is 57.2 Å². The van der Waals surface area contributed by atoms with Crippen LogP contribution in [0, 0.1) is 0 Å². The normalized spacial score (nSPS) is 11.9. The molecule has 0 spiro atoms. The molecule has 0 unspecified atom stereocenters. The van der Waals surface area contributed by atoms with Crippen molar-refractivity contribution in [2.24, 2.45) is 0 Å². The molecule has 2 rings (SSSR count). The Labute approximate surface area is 192 Å². The molecule has 0 heterocycles. The monoisotopic (exact) mass is 462 g/mol. The highest BCUT2D eigenvalue weighted by Crippen LogP contribution is 2.33. The largest absolute Gasteiger partial charge is 0.481 e. The minimum Gasteiger partial charge on any atom is -0.481 e. The Kier molecular flexibility index (Phi) is 9.03. The summed E-state index contributed by atoms with van der Waals surface area (Å²) in [4.78, 5) is 22.5. The number of ether oxygens (including phenoxy) is 1. The van der Waals surface area contributed by atoms with Crippen LogP contribution in [0.15, 0.2) is 48.5 Å². The van der Waals surface area contributed by atoms with Crippen molar-refractivity contribution in [3.05, 3.63) is 65.2 Å². The van der Waals surface area contributed by atoms with Crippen molar-refractivity contribution in [3.8, 4) is 5.75 Å². The van der Waals surface area contributed by atoms with Crippen LogP contribution in [0.3, 0.4) is 0 Å². The summed E-state index contributed by atoms with van der Waals surface area (Å²) >= 11 is 0. The zero-order valence-corrected chi connectivity index (χ0v) is 20.0. The van der Waals surface area contributed by atoms with Gasteiger partial charge in [0.15, 0.2) is 0 Å². The second kappa shape index (κ2) is 11.1. The van der Waals surface area contributed by atoms with E-state index < -0.39 is 11.6 Å². The van der Waals surface area contributed by atoms with Crippen LogP contribution in [0.25, 0.3) is 0 Å². The van der Waals surface area contributed by atoms with Crippen LogP contribution >= 0.6 is 21.6 Å². The van der Waals surface area contributed by atoms with Gasteiger partial charge < -0.3 is 14.9 Å². The Morgan fingerprint density at radius 3 is 1.74 bits per heavy atom. The van der Waals surface area contributed by atoms with E-state index in [1.165, 1.54) is 21.6 Å². The van der Waals surface area contributed by atoms with Crippen LogP contribution in [0.5, 0.6) is 5.75 Å². The van der Waals surface area contributed by atoms with Crippen LogP contribution in [0.2, 0.25) is 0 Å². The second-order valence-electron chi connectivity index (χ2n) is 8.30. The molecule has 0 aliphatic carbocycles. The lowest BCUT2D eigenvalue weighted by Crippen LogP contribution is -2.20. The molecule has 0 aliphatic heterocycles. The molecule has 0 aromatic heterocycles. The molecule has 7 heteroatoms. The van der Waals surface area contributed by atoms with Crippen molar-refractivity contribution < 1.29 is 24.5 Å². The first-order chi connectivity index (χ1) is 14.5. The number of carboxylic acid groups (broad SMARTS) is 1. The lowest BCUT2D eigenvalue weighted by atomic mass is 9.77. The summed E-state index contributed by atoms with van der Waals surface area (Å²) in [5.41, 5.74) is 1.97. The van der Waals surface area contributed by atoms with Gasteiger partial charge in [-0.3, -0.25) is 9.59 Å². The molecule has 168 valence electrons. The summed E-state index contributed by atoms with van der Waals surface area (Å²) in [6, 6.07) is 15.5. The van der Waals surface area contributed by atoms with Gasteiger partial charge in [-0.2, -0.15) is 0 Å². The Balaban J connectivity index is 1.90. The van der Waals surface area contributed by atoms with Gasteiger partial charge in [-0.1, -0.05) is 71.8 Å². The fraction of sp³-hybridized carbons (Fsp3) is 0.417. The van der Waals surface area contributed by atoms with E-state index in [1.807, 2.05) is 36.4 Å². The Morgan fingerprint density at radius 2 is 1.26 bits per heavy atom. The molecule has 0 saturated heterocycles. The average molecular weight is 463 g/mol. The number of rotatable bonds is 11. The highest BCUT2D eigenvalue weighted by Gasteiger charge is 2.24. The number of aliphatic carboxylic acids is 1. The van der Waals surface area contributed by atoms with Crippen LogP contribution in [0.4, 0.5) is 0 Å². The molecular formula is C24H30O5S2. The summed E-state index contributed by atoms with van der Waals surface area (Å²) < 4.78 is 5.40. The van der Waals surface area contributed by atoms with Crippen molar-refractivity contribution in [1.29, 1.82) is 0 Å². The molecule has 0 amide bonds. The minimum absolute atomic E-state index is 0.119. The summed E-state index contributed by atoms with van der Waals surface area (Å²) in [5, 5.41) is 18.7. The van der Waals surface area contributed by atoms with E-state index in [4.69, 9.17) is 9.84 Å². The summed E-state index contributed by atoms with van der Waals surface area (Å²) in [6.07, 6.45) is 0.389. The van der Waals surface area contributed by atoms with Gasteiger partial charge in [0.25, 0.3) is 0 Å². The topological polar surface area (TPSA) is 83.8 Å². The van der Waals surface area contributed by atoms with Crippen LogP contribution in [-0.4, -0.2) is 33.7 Å². The number of carbonyl (C=O) groups is 2. The molecule has 2 aromatic carbocycles. The van der Waals surface area contributed by atoms with E-state index >= 15 is 0 Å². The first-order valence-electron chi connectivity index (χ1n) is 10.1. The van der Waals surface area contributed by atoms with E-state index in [0.29, 0.717) is 17.3 Å². The van der Waals surface area contributed by atoms with E-state index in [0.717, 1.165) is 16.7 Å². The molecule has 5 nitrogen and oxygen atoms in total. The molecule has 2 aromatic rings. The lowest BCUT2D eigenvalue weighted by molar-refractivity contribution is -0.136. The molecular weight excluding hydrogens is 432 g/mol. The molecule has 0 aliphatic rings. The Morgan fingerprint density at radius 1 is 0.806 bits per heavy atom. The number of hydrogen-bond acceptors (Lipinski definition) is 6. The van der Waals surface area contributed by atoms with E-state index in [1.54, 1.807) is 26.0 Å². The predicted molar refractivity (Wildman–Crippen MR) is 128 cm³/mol.